The number of amides is 5. The van der Waals surface area contributed by atoms with Gasteiger partial charge in [-0.1, -0.05) is 57.9 Å². The summed E-state index contributed by atoms with van der Waals surface area (Å²) >= 11 is 1.45. The number of hydrogen-bond donors (Lipinski definition) is 5. The Kier molecular flexibility index (Phi) is 13.6. The maximum atomic E-state index is 15.0. The molecule has 3 aliphatic heterocycles. The van der Waals surface area contributed by atoms with E-state index in [0.29, 0.717) is 57.1 Å². The zero-order chi connectivity index (χ0) is 47.8. The Morgan fingerprint density at radius 1 is 1.06 bits per heavy atom. The molecule has 2 aromatic heterocycles. The number of benzene rings is 2. The van der Waals surface area contributed by atoms with Crippen molar-refractivity contribution < 1.29 is 42.8 Å². The van der Waals surface area contributed by atoms with E-state index < -0.39 is 81.8 Å². The maximum absolute atomic E-state index is 15.0. The number of carbonyl (C=O) groups is 5. The number of aromatic nitrogens is 2. The van der Waals surface area contributed by atoms with Crippen molar-refractivity contribution in [2.75, 3.05) is 25.5 Å². The highest BCUT2D eigenvalue weighted by Gasteiger charge is 2.61. The number of aliphatic carboxylic acids is 1. The highest BCUT2D eigenvalue weighted by Crippen LogP contribution is 2.46. The SMILES string of the molecule is COc1ccc2c(O[C@@H]3C[C@H]4C(=O)N[C@]5(C(=O)O)CC5/C=C\CCCCC[C@H](NC(=O)N[C@H](CN5C(=O)c6ccccc6S5=O)C(C)(C)C)C(=O)N4C3)cc(-c3csc(NC(C)C)n3)nc2c1. The first-order chi connectivity index (χ1) is 31.9. The minimum atomic E-state index is -1.77. The van der Waals surface area contributed by atoms with Crippen LogP contribution in [-0.2, 0) is 25.4 Å². The summed E-state index contributed by atoms with van der Waals surface area (Å²) in [7, 11) is -0.203. The number of thiazole rings is 1. The second-order valence-corrected chi connectivity index (χ2v) is 21.3. The molecule has 4 aliphatic rings. The lowest BCUT2D eigenvalue weighted by Gasteiger charge is -2.35. The number of hydrogen-bond acceptors (Lipinski definition) is 12. The molecular formula is C48H58N8O9S2. The first-order valence-corrected chi connectivity index (χ1v) is 24.7. The summed E-state index contributed by atoms with van der Waals surface area (Å²) in [6.07, 6.45) is 6.29. The number of pyridine rings is 1. The van der Waals surface area contributed by atoms with Gasteiger partial charge in [0.25, 0.3) is 5.91 Å². The molecule has 0 radical (unpaired) electrons. The van der Waals surface area contributed by atoms with Crippen LogP contribution in [0, 0.1) is 11.3 Å². The average Bonchev–Trinajstić information content (AvgIpc) is 3.51. The number of ether oxygens (including phenoxy) is 2. The molecule has 5 N–H and O–H groups in total. The standard InChI is InChI=1S/C48H58N8O9S2/c1-27(2)49-46-52-36(26-66-46)35-22-38(31-19-18-29(64-6)20-34(31)50-35)65-30-21-37-41(57)54-48(44(60)61)23-28(48)14-10-8-7-9-11-16-33(43(59)55(37)24-30)51-45(62)53-40(47(3,4)5)25-56-42(58)32-15-12-13-17-39(32)67(56)63/h10,12-15,17-20,22,26-28,30,33,37,40H,7-9,11,16,21,23-25H2,1-6H3,(H,49,52)(H,54,57)(H,60,61)(H2,51,53,62)/b14-10-/t28?,30-,33+,37+,40-,48-,67?/m1/s1. The van der Waals surface area contributed by atoms with Crippen molar-refractivity contribution in [1.29, 1.82) is 0 Å². The van der Waals surface area contributed by atoms with E-state index in [0.717, 1.165) is 18.0 Å². The van der Waals surface area contributed by atoms with Gasteiger partial charge in [-0.2, -0.15) is 0 Å². The molecule has 67 heavy (non-hydrogen) atoms. The molecule has 17 nitrogen and oxygen atoms in total. The van der Waals surface area contributed by atoms with E-state index in [9.17, 15) is 28.5 Å². The summed E-state index contributed by atoms with van der Waals surface area (Å²) in [6, 6.07) is 10.5. The molecule has 2 fully saturated rings. The van der Waals surface area contributed by atoms with E-state index in [2.05, 4.69) is 21.3 Å². The van der Waals surface area contributed by atoms with Crippen LogP contribution in [0.15, 0.2) is 71.0 Å². The van der Waals surface area contributed by atoms with Gasteiger partial charge in [0.05, 0.1) is 47.9 Å². The van der Waals surface area contributed by atoms with Crippen LogP contribution >= 0.6 is 11.3 Å². The molecule has 1 aliphatic carbocycles. The van der Waals surface area contributed by atoms with Crippen LogP contribution in [0.1, 0.15) is 89.9 Å². The third kappa shape index (κ3) is 10.1. The zero-order valence-corrected chi connectivity index (χ0v) is 40.1. The van der Waals surface area contributed by atoms with Gasteiger partial charge < -0.3 is 40.7 Å². The van der Waals surface area contributed by atoms with Gasteiger partial charge in [-0.3, -0.25) is 18.7 Å². The third-order valence-electron chi connectivity index (χ3n) is 12.8. The Bertz CT molecular complexity index is 2600. The largest absolute Gasteiger partial charge is 0.497 e. The Morgan fingerprint density at radius 3 is 2.58 bits per heavy atom. The molecule has 2 aromatic carbocycles. The van der Waals surface area contributed by atoms with Gasteiger partial charge in [0.15, 0.2) is 16.1 Å². The molecule has 8 rings (SSSR count). The number of nitrogens with one attached hydrogen (secondary N) is 4. The molecule has 4 aromatic rings. The monoisotopic (exact) mass is 954 g/mol. The molecule has 2 unspecified atom stereocenters. The van der Waals surface area contributed by atoms with Gasteiger partial charge in [0.1, 0.15) is 40.9 Å². The Hall–Kier alpha value is -6.08. The van der Waals surface area contributed by atoms with Crippen LogP contribution in [0.5, 0.6) is 11.5 Å². The van der Waals surface area contributed by atoms with Crippen molar-refractivity contribution in [3.63, 3.8) is 0 Å². The Morgan fingerprint density at radius 2 is 1.85 bits per heavy atom. The van der Waals surface area contributed by atoms with Crippen molar-refractivity contribution in [1.82, 2.24) is 35.1 Å². The molecular weight excluding hydrogens is 897 g/mol. The van der Waals surface area contributed by atoms with E-state index in [-0.39, 0.29) is 38.4 Å². The highest BCUT2D eigenvalue weighted by molar-refractivity contribution is 7.84. The number of carbonyl (C=O) groups excluding carboxylic acids is 4. The van der Waals surface area contributed by atoms with Crippen LogP contribution in [0.25, 0.3) is 22.3 Å². The predicted molar refractivity (Wildman–Crippen MR) is 254 cm³/mol. The quantitative estimate of drug-likeness (QED) is 0.105. The second kappa shape index (κ2) is 19.3. The van der Waals surface area contributed by atoms with Gasteiger partial charge in [-0.15, -0.1) is 11.3 Å². The topological polar surface area (TPSA) is 221 Å². The molecule has 1 saturated carbocycles. The fourth-order valence-corrected chi connectivity index (χ4v) is 11.1. The fourth-order valence-electron chi connectivity index (χ4n) is 8.90. The highest BCUT2D eigenvalue weighted by atomic mass is 32.2. The summed E-state index contributed by atoms with van der Waals surface area (Å²) in [4.78, 5) is 81.2. The van der Waals surface area contributed by atoms with E-state index in [1.807, 2.05) is 58.2 Å². The Labute approximate surface area is 396 Å². The number of carboxylic acids is 1. The normalized spacial score (nSPS) is 25.2. The first-order valence-electron chi connectivity index (χ1n) is 22.8. The minimum absolute atomic E-state index is 0.0245. The average molecular weight is 955 g/mol. The molecule has 1 saturated heterocycles. The van der Waals surface area contributed by atoms with E-state index in [1.165, 1.54) is 20.5 Å². The van der Waals surface area contributed by atoms with Gasteiger partial charge in [0, 0.05) is 41.3 Å². The summed E-state index contributed by atoms with van der Waals surface area (Å²) in [5.41, 5.74) is -0.0592. The number of fused-ring (bicyclic) bond motifs is 4. The number of anilines is 1. The van der Waals surface area contributed by atoms with E-state index >= 15 is 4.79 Å². The number of nitrogens with zero attached hydrogens (tertiary/aromatic N) is 4. The number of carboxylic acid groups (broad SMARTS) is 1. The smallest absolute Gasteiger partial charge is 0.330 e. The molecule has 5 amide bonds. The molecule has 0 spiro atoms. The minimum Gasteiger partial charge on any atom is -0.497 e. The van der Waals surface area contributed by atoms with Crippen molar-refractivity contribution in [2.45, 2.75) is 120 Å². The number of urea groups is 1. The van der Waals surface area contributed by atoms with Crippen LogP contribution in [0.3, 0.4) is 0 Å². The fraction of sp³-hybridized carbons (Fsp3) is 0.479. The second-order valence-electron chi connectivity index (χ2n) is 19.1. The van der Waals surface area contributed by atoms with Crippen molar-refractivity contribution in [3.05, 3.63) is 71.6 Å². The van der Waals surface area contributed by atoms with E-state index in [1.54, 1.807) is 49.6 Å². The number of allylic oxidation sites excluding steroid dienone is 1. The maximum Gasteiger partial charge on any atom is 0.330 e. The first kappa shape index (κ1) is 47.4. The summed E-state index contributed by atoms with van der Waals surface area (Å²) in [5, 5.41) is 25.7. The lowest BCUT2D eigenvalue weighted by molar-refractivity contribution is -0.145. The number of methoxy groups -OCH3 is 1. The van der Waals surface area contributed by atoms with Crippen molar-refractivity contribution in [3.8, 4) is 22.9 Å². The number of rotatable bonds is 11. The molecule has 0 bridgehead atoms. The molecule has 7 atom stereocenters. The summed E-state index contributed by atoms with van der Waals surface area (Å²) in [6.45, 7) is 9.62. The van der Waals surface area contributed by atoms with Gasteiger partial charge in [-0.05, 0) is 69.2 Å². The predicted octanol–water partition coefficient (Wildman–Crippen LogP) is 6.28. The lowest BCUT2D eigenvalue weighted by atomic mass is 9.86. The van der Waals surface area contributed by atoms with Gasteiger partial charge in [-0.25, -0.2) is 23.8 Å². The van der Waals surface area contributed by atoms with Crippen LogP contribution in [-0.4, -0.2) is 114 Å². The zero-order valence-electron chi connectivity index (χ0n) is 38.5. The van der Waals surface area contributed by atoms with Crippen molar-refractivity contribution in [2.24, 2.45) is 11.3 Å². The lowest BCUT2D eigenvalue weighted by Crippen LogP contribution is -2.59. The van der Waals surface area contributed by atoms with Crippen LogP contribution in [0.4, 0.5) is 9.93 Å². The molecule has 19 heteroatoms. The van der Waals surface area contributed by atoms with E-state index in [4.69, 9.17) is 19.4 Å². The summed E-state index contributed by atoms with van der Waals surface area (Å²) < 4.78 is 27.0. The van der Waals surface area contributed by atoms with Crippen molar-refractivity contribution >= 4 is 68.1 Å². The molecule has 356 valence electrons. The van der Waals surface area contributed by atoms with Gasteiger partial charge >= 0.3 is 12.0 Å². The van der Waals surface area contributed by atoms with Crippen LogP contribution in [0.2, 0.25) is 0 Å². The van der Waals surface area contributed by atoms with Crippen LogP contribution < -0.4 is 30.7 Å². The molecule has 5 heterocycles. The summed E-state index contributed by atoms with van der Waals surface area (Å²) in [5.74, 6) is -2.11. The Balaban J connectivity index is 1.08. The third-order valence-corrected chi connectivity index (χ3v) is 15.0. The van der Waals surface area contributed by atoms with Gasteiger partial charge in [0.2, 0.25) is 11.8 Å².